The molecule has 0 heterocycles. The second-order valence-electron chi connectivity index (χ2n) is 12.6. The number of hydrogen-bond acceptors (Lipinski definition) is 7. The van der Waals surface area contributed by atoms with Gasteiger partial charge in [0.15, 0.2) is 0 Å². The summed E-state index contributed by atoms with van der Waals surface area (Å²) in [5.74, 6) is -0.253. The number of hydrogen-bond donors (Lipinski definition) is 3. The second kappa shape index (κ2) is 15.0. The third-order valence-corrected chi connectivity index (χ3v) is 6.63. The third-order valence-electron chi connectivity index (χ3n) is 6.63. The minimum absolute atomic E-state index is 0.0191. The van der Waals surface area contributed by atoms with E-state index in [9.17, 15) is 14.4 Å². The Balaban J connectivity index is 1.40. The lowest BCUT2D eigenvalue weighted by Gasteiger charge is -2.24. The van der Waals surface area contributed by atoms with Crippen molar-refractivity contribution in [2.24, 2.45) is 0 Å². The highest BCUT2D eigenvalue weighted by Gasteiger charge is 2.29. The monoisotopic (exact) mass is 581 g/mol. The van der Waals surface area contributed by atoms with Gasteiger partial charge in [0.05, 0.1) is 6.42 Å². The standard InChI is InChI=1S/C33H47N3O6/c1-32(2,3)41-29(37)18-20-34-21-23(36-31(39)42-33(4,5)6)13-11-12-19-35-30(38)40-22-28-26-16-9-7-14-24(26)25-15-8-10-17-27(25)28/h7-10,14-17,23,28,34H,11-13,18-22H2,1-6H3,(H,35,38)(H,36,39)/t23-/m0/s1. The number of unbranched alkanes of at least 4 members (excludes halogenated alkanes) is 1. The maximum Gasteiger partial charge on any atom is 0.407 e. The van der Waals surface area contributed by atoms with E-state index in [4.69, 9.17) is 14.2 Å². The minimum Gasteiger partial charge on any atom is -0.460 e. The largest absolute Gasteiger partial charge is 0.460 e. The molecule has 3 rings (SSSR count). The fourth-order valence-electron chi connectivity index (χ4n) is 4.91. The molecule has 1 atom stereocenters. The number of carbonyl (C=O) groups excluding carboxylic acids is 3. The van der Waals surface area contributed by atoms with E-state index in [0.29, 0.717) is 32.5 Å². The molecule has 0 aromatic heterocycles. The van der Waals surface area contributed by atoms with Gasteiger partial charge in [0.2, 0.25) is 0 Å². The van der Waals surface area contributed by atoms with Crippen LogP contribution in [0.3, 0.4) is 0 Å². The number of rotatable bonds is 13. The van der Waals surface area contributed by atoms with Gasteiger partial charge in [-0.05, 0) is 83.1 Å². The molecule has 9 heteroatoms. The highest BCUT2D eigenvalue weighted by Crippen LogP contribution is 2.44. The molecule has 1 aliphatic carbocycles. The Labute approximate surface area is 250 Å². The maximum atomic E-state index is 12.5. The molecule has 0 unspecified atom stereocenters. The van der Waals surface area contributed by atoms with Gasteiger partial charge in [0, 0.05) is 31.6 Å². The van der Waals surface area contributed by atoms with Crippen molar-refractivity contribution in [3.63, 3.8) is 0 Å². The number of carbonyl (C=O) groups is 3. The Hall–Kier alpha value is -3.59. The Morgan fingerprint density at radius 3 is 1.98 bits per heavy atom. The summed E-state index contributed by atoms with van der Waals surface area (Å²) in [5.41, 5.74) is 3.61. The molecule has 0 spiro atoms. The van der Waals surface area contributed by atoms with Crippen LogP contribution in [0.25, 0.3) is 11.1 Å². The van der Waals surface area contributed by atoms with Gasteiger partial charge in [-0.1, -0.05) is 48.5 Å². The number of ether oxygens (including phenoxy) is 3. The van der Waals surface area contributed by atoms with Crippen molar-refractivity contribution < 1.29 is 28.6 Å². The summed E-state index contributed by atoms with van der Waals surface area (Å²) in [7, 11) is 0. The van der Waals surface area contributed by atoms with Gasteiger partial charge in [-0.2, -0.15) is 0 Å². The summed E-state index contributed by atoms with van der Waals surface area (Å²) < 4.78 is 16.4. The zero-order valence-corrected chi connectivity index (χ0v) is 25.9. The molecule has 0 fully saturated rings. The minimum atomic E-state index is -0.605. The second-order valence-corrected chi connectivity index (χ2v) is 12.6. The summed E-state index contributed by atoms with van der Waals surface area (Å²) >= 11 is 0. The Kier molecular flexibility index (Phi) is 11.8. The fourth-order valence-corrected chi connectivity index (χ4v) is 4.91. The number of amides is 2. The van der Waals surface area contributed by atoms with E-state index in [1.54, 1.807) is 0 Å². The average Bonchev–Trinajstić information content (AvgIpc) is 3.21. The molecule has 3 N–H and O–H groups in total. The van der Waals surface area contributed by atoms with Gasteiger partial charge in [0.1, 0.15) is 17.8 Å². The normalized spacial score (nSPS) is 13.5. The SMILES string of the molecule is CC(C)(C)OC(=O)CCNC[C@H](CCCCNC(=O)OCC1c2ccccc2-c2ccccc21)NC(=O)OC(C)(C)C. The Bertz CT molecular complexity index is 1160. The van der Waals surface area contributed by atoms with Gasteiger partial charge in [0.25, 0.3) is 0 Å². The van der Waals surface area contributed by atoms with Crippen molar-refractivity contribution in [1.82, 2.24) is 16.0 Å². The number of alkyl carbamates (subject to hydrolysis) is 2. The van der Waals surface area contributed by atoms with Gasteiger partial charge in [-0.3, -0.25) is 4.79 Å². The fraction of sp³-hybridized carbons (Fsp3) is 0.545. The average molecular weight is 582 g/mol. The van der Waals surface area contributed by atoms with Crippen molar-refractivity contribution in [2.45, 2.75) is 90.4 Å². The first-order valence-electron chi connectivity index (χ1n) is 14.8. The lowest BCUT2D eigenvalue weighted by Crippen LogP contribution is -2.44. The first kappa shape index (κ1) is 32.9. The summed E-state index contributed by atoms with van der Waals surface area (Å²) in [4.78, 5) is 36.8. The number of fused-ring (bicyclic) bond motifs is 3. The first-order chi connectivity index (χ1) is 19.8. The summed E-state index contributed by atoms with van der Waals surface area (Å²) in [5, 5.41) is 8.99. The van der Waals surface area contributed by atoms with Crippen LogP contribution in [-0.4, -0.2) is 61.6 Å². The van der Waals surface area contributed by atoms with E-state index in [2.05, 4.69) is 40.2 Å². The van der Waals surface area contributed by atoms with Crippen molar-refractivity contribution in [3.8, 4) is 11.1 Å². The van der Waals surface area contributed by atoms with Gasteiger partial charge in [-0.25, -0.2) is 9.59 Å². The van der Waals surface area contributed by atoms with Crippen molar-refractivity contribution >= 4 is 18.2 Å². The molecule has 2 amide bonds. The zero-order chi connectivity index (χ0) is 30.8. The summed E-state index contributed by atoms with van der Waals surface area (Å²) in [6.45, 7) is 12.6. The van der Waals surface area contributed by atoms with Crippen LogP contribution in [0.5, 0.6) is 0 Å². The highest BCUT2D eigenvalue weighted by atomic mass is 16.6. The van der Waals surface area contributed by atoms with Crippen molar-refractivity contribution in [2.75, 3.05) is 26.2 Å². The van der Waals surface area contributed by atoms with Gasteiger partial charge >= 0.3 is 18.2 Å². The quantitative estimate of drug-likeness (QED) is 0.153. The Morgan fingerprint density at radius 1 is 0.786 bits per heavy atom. The van der Waals surface area contributed by atoms with Crippen LogP contribution in [-0.2, 0) is 19.0 Å². The van der Waals surface area contributed by atoms with E-state index >= 15 is 0 Å². The van der Waals surface area contributed by atoms with Crippen molar-refractivity contribution in [3.05, 3.63) is 59.7 Å². The van der Waals surface area contributed by atoms with Crippen LogP contribution in [0.15, 0.2) is 48.5 Å². The van der Waals surface area contributed by atoms with E-state index in [1.807, 2.05) is 65.8 Å². The van der Waals surface area contributed by atoms with Crippen LogP contribution in [0.2, 0.25) is 0 Å². The van der Waals surface area contributed by atoms with Crippen LogP contribution in [0, 0.1) is 0 Å². The molecule has 2 aromatic rings. The molecule has 1 aliphatic rings. The number of nitrogens with one attached hydrogen (secondary N) is 3. The number of benzene rings is 2. The molecule has 0 bridgehead atoms. The third kappa shape index (κ3) is 11.0. The molecule has 0 aliphatic heterocycles. The van der Waals surface area contributed by atoms with Crippen LogP contribution >= 0.6 is 0 Å². The van der Waals surface area contributed by atoms with Crippen LogP contribution in [0.4, 0.5) is 9.59 Å². The Morgan fingerprint density at radius 2 is 1.38 bits per heavy atom. The molecule has 0 saturated heterocycles. The molecular weight excluding hydrogens is 534 g/mol. The van der Waals surface area contributed by atoms with E-state index < -0.39 is 23.4 Å². The molecule has 42 heavy (non-hydrogen) atoms. The van der Waals surface area contributed by atoms with Gasteiger partial charge in [-0.15, -0.1) is 0 Å². The van der Waals surface area contributed by atoms with E-state index in [0.717, 1.165) is 6.42 Å². The zero-order valence-electron chi connectivity index (χ0n) is 25.9. The van der Waals surface area contributed by atoms with E-state index in [1.165, 1.54) is 22.3 Å². The molecule has 0 radical (unpaired) electrons. The summed E-state index contributed by atoms with van der Waals surface area (Å²) in [6.07, 6.45) is 1.46. The van der Waals surface area contributed by atoms with Crippen LogP contribution in [0.1, 0.15) is 84.3 Å². The lowest BCUT2D eigenvalue weighted by molar-refractivity contribution is -0.154. The van der Waals surface area contributed by atoms with Gasteiger partial charge < -0.3 is 30.2 Å². The maximum absolute atomic E-state index is 12.5. The van der Waals surface area contributed by atoms with E-state index in [-0.39, 0.29) is 31.0 Å². The lowest BCUT2D eigenvalue weighted by atomic mass is 9.98. The van der Waals surface area contributed by atoms with Crippen LogP contribution < -0.4 is 16.0 Å². The highest BCUT2D eigenvalue weighted by molar-refractivity contribution is 5.79. The molecule has 230 valence electrons. The number of esters is 1. The summed E-state index contributed by atoms with van der Waals surface area (Å²) in [6, 6.07) is 16.3. The molecule has 9 nitrogen and oxygen atoms in total. The topological polar surface area (TPSA) is 115 Å². The molecule has 2 aromatic carbocycles. The van der Waals surface area contributed by atoms with Crippen molar-refractivity contribution in [1.29, 1.82) is 0 Å². The predicted octanol–water partition coefficient (Wildman–Crippen LogP) is 5.91. The predicted molar refractivity (Wildman–Crippen MR) is 163 cm³/mol. The molecular formula is C33H47N3O6. The first-order valence-corrected chi connectivity index (χ1v) is 14.8. The smallest absolute Gasteiger partial charge is 0.407 e. The molecule has 0 saturated carbocycles.